The van der Waals surface area contributed by atoms with Gasteiger partial charge < -0.3 is 20.7 Å². The van der Waals surface area contributed by atoms with Crippen LogP contribution in [-0.2, 0) is 22.5 Å². The fraction of sp³-hybridized carbons (Fsp3) is 0.667. The standard InChI is InChI=1S/C32H44ClN3O5.C4H10/c1-7-19(30(34)40)27(38)26(35(4)5)21-14-17-13-20-24(28(39)23(17)29-32(21,3)41-29)22(37)15-18(25(20)33)16-36(6)31(2)11-9-8-10-12-31;1-3-4-2/h15,17,21,26,37-38H,7-14,16H2,1-6H3,(H2,34,40);3-4H2,1-2H3/b27-19-;/t17-,21-,26-,32-;/m0./s1. The highest BCUT2D eigenvalue weighted by molar-refractivity contribution is 6.33. The summed E-state index contributed by atoms with van der Waals surface area (Å²) in [4.78, 5) is 30.3. The quantitative estimate of drug-likeness (QED) is 0.150. The number of aromatic hydroxyl groups is 1. The Hall–Kier alpha value is -2.55. The van der Waals surface area contributed by atoms with E-state index in [2.05, 4.69) is 32.7 Å². The number of amides is 1. The van der Waals surface area contributed by atoms with E-state index >= 15 is 0 Å². The number of Topliss-reactive ketones (excluding diaryl/α,β-unsaturated/α-hetero) is 1. The Kier molecular flexibility index (Phi) is 10.7. The summed E-state index contributed by atoms with van der Waals surface area (Å²) in [6.45, 7) is 11.0. The number of phenols is 1. The molecular weight excluding hydrogens is 590 g/mol. The van der Waals surface area contributed by atoms with E-state index in [4.69, 9.17) is 22.1 Å². The lowest BCUT2D eigenvalue weighted by atomic mass is 9.65. The first-order chi connectivity index (χ1) is 21.2. The SMILES string of the molecule is CC/C(C(N)=O)=C(/O)[C@H]([C@@H]1C[C@@H]2Cc3c(Cl)c(CN(C)C4(C)CCCCC4)cc(O)c3C(=O)C2=C2O[C@]21C)N(C)C.CCCC. The highest BCUT2D eigenvalue weighted by Crippen LogP contribution is 2.60. The van der Waals surface area contributed by atoms with Gasteiger partial charge in [0.25, 0.3) is 0 Å². The van der Waals surface area contributed by atoms with Crippen molar-refractivity contribution in [1.82, 2.24) is 9.80 Å². The summed E-state index contributed by atoms with van der Waals surface area (Å²) in [5.74, 6) is -0.785. The summed E-state index contributed by atoms with van der Waals surface area (Å²) in [6.07, 6.45) is 9.90. The van der Waals surface area contributed by atoms with E-state index in [1.807, 2.05) is 25.9 Å². The monoisotopic (exact) mass is 643 g/mol. The Morgan fingerprint density at radius 3 is 2.29 bits per heavy atom. The minimum Gasteiger partial charge on any atom is -0.510 e. The van der Waals surface area contributed by atoms with Crippen molar-refractivity contribution in [1.29, 1.82) is 0 Å². The van der Waals surface area contributed by atoms with Crippen LogP contribution in [0.2, 0.25) is 5.02 Å². The van der Waals surface area contributed by atoms with Crippen molar-refractivity contribution in [3.63, 3.8) is 0 Å². The Balaban J connectivity index is 0.00000109. The van der Waals surface area contributed by atoms with Crippen LogP contribution in [0.4, 0.5) is 0 Å². The van der Waals surface area contributed by atoms with Crippen molar-refractivity contribution in [2.45, 2.75) is 123 Å². The number of rotatable bonds is 9. The van der Waals surface area contributed by atoms with Crippen molar-refractivity contribution < 1.29 is 24.5 Å². The highest BCUT2D eigenvalue weighted by Gasteiger charge is 2.64. The van der Waals surface area contributed by atoms with Crippen LogP contribution in [0.25, 0.3) is 0 Å². The molecule has 1 saturated carbocycles. The van der Waals surface area contributed by atoms with Crippen molar-refractivity contribution >= 4 is 23.3 Å². The second kappa shape index (κ2) is 13.7. The number of fused-ring (bicyclic) bond motifs is 3. The predicted octanol–water partition coefficient (Wildman–Crippen LogP) is 7.06. The first kappa shape index (κ1) is 35.3. The summed E-state index contributed by atoms with van der Waals surface area (Å²) in [5.41, 5.74) is 7.47. The zero-order valence-corrected chi connectivity index (χ0v) is 29.3. The number of hydrogen-bond acceptors (Lipinski definition) is 7. The van der Waals surface area contributed by atoms with Crippen LogP contribution in [-0.4, -0.2) is 70.0 Å². The van der Waals surface area contributed by atoms with E-state index in [1.165, 1.54) is 32.1 Å². The average molecular weight is 644 g/mol. The van der Waals surface area contributed by atoms with E-state index < -0.39 is 17.6 Å². The Bertz CT molecular complexity index is 1380. The molecule has 8 nitrogen and oxygen atoms in total. The van der Waals surface area contributed by atoms with E-state index in [-0.39, 0.29) is 45.8 Å². The lowest BCUT2D eigenvalue weighted by Crippen LogP contribution is -2.47. The molecule has 0 spiro atoms. The summed E-state index contributed by atoms with van der Waals surface area (Å²) in [5, 5.41) is 23.0. The lowest BCUT2D eigenvalue weighted by Gasteiger charge is -2.42. The number of epoxide rings is 1. The number of ether oxygens (including phenoxy) is 1. The van der Waals surface area contributed by atoms with Crippen LogP contribution < -0.4 is 5.73 Å². The smallest absolute Gasteiger partial charge is 0.248 e. The second-order valence-corrected chi connectivity index (χ2v) is 14.5. The van der Waals surface area contributed by atoms with Gasteiger partial charge in [-0.2, -0.15) is 0 Å². The van der Waals surface area contributed by atoms with Crippen molar-refractivity contribution in [2.24, 2.45) is 17.6 Å². The number of aliphatic hydroxyl groups excluding tert-OH is 1. The zero-order valence-electron chi connectivity index (χ0n) is 28.6. The van der Waals surface area contributed by atoms with Crippen molar-refractivity contribution in [3.8, 4) is 5.75 Å². The molecule has 4 aliphatic rings. The number of allylic oxidation sites excluding steroid dienone is 1. The third-order valence-electron chi connectivity index (χ3n) is 10.9. The number of aliphatic hydroxyl groups is 1. The average Bonchev–Trinajstić information content (AvgIpc) is 3.68. The molecule has 0 unspecified atom stereocenters. The fourth-order valence-corrected chi connectivity index (χ4v) is 8.07. The van der Waals surface area contributed by atoms with Crippen LogP contribution in [0.15, 0.2) is 28.7 Å². The molecular formula is C36H54ClN3O5. The summed E-state index contributed by atoms with van der Waals surface area (Å²) < 4.78 is 6.17. The maximum Gasteiger partial charge on any atom is 0.248 e. The molecule has 0 aromatic heterocycles. The molecule has 250 valence electrons. The molecule has 45 heavy (non-hydrogen) atoms. The fourth-order valence-electron chi connectivity index (χ4n) is 7.79. The number of hydrogen-bond donors (Lipinski definition) is 3. The van der Waals surface area contributed by atoms with E-state index in [9.17, 15) is 19.8 Å². The topological polar surface area (TPSA) is 120 Å². The van der Waals surface area contributed by atoms with Gasteiger partial charge in [0.05, 0.1) is 17.2 Å². The van der Waals surface area contributed by atoms with Gasteiger partial charge in [0.2, 0.25) is 5.91 Å². The normalized spacial score (nSPS) is 26.2. The van der Waals surface area contributed by atoms with Gasteiger partial charge in [0.15, 0.2) is 11.4 Å². The molecule has 1 aromatic rings. The molecule has 1 aliphatic heterocycles. The molecule has 1 amide bonds. The number of halogens is 1. The second-order valence-electron chi connectivity index (χ2n) is 14.2. The largest absolute Gasteiger partial charge is 0.510 e. The van der Waals surface area contributed by atoms with Gasteiger partial charge in [-0.25, -0.2) is 0 Å². The molecule has 2 fully saturated rings. The van der Waals surface area contributed by atoms with Gasteiger partial charge in [0, 0.05) is 28.6 Å². The minimum atomic E-state index is -0.768. The molecule has 9 heteroatoms. The van der Waals surface area contributed by atoms with Gasteiger partial charge >= 0.3 is 0 Å². The third kappa shape index (κ3) is 6.52. The van der Waals surface area contributed by atoms with Gasteiger partial charge in [-0.3, -0.25) is 19.4 Å². The number of carbonyl (C=O) groups is 2. The van der Waals surface area contributed by atoms with E-state index in [1.54, 1.807) is 13.0 Å². The Labute approximate surface area is 274 Å². The van der Waals surface area contributed by atoms with Crippen molar-refractivity contribution in [3.05, 3.63) is 50.4 Å². The predicted molar refractivity (Wildman–Crippen MR) is 179 cm³/mol. The Morgan fingerprint density at radius 1 is 1.13 bits per heavy atom. The molecule has 4 atom stereocenters. The Morgan fingerprint density at radius 2 is 1.76 bits per heavy atom. The molecule has 5 rings (SSSR count). The van der Waals surface area contributed by atoms with Crippen LogP contribution >= 0.6 is 11.6 Å². The van der Waals surface area contributed by atoms with Gasteiger partial charge in [-0.1, -0.05) is 64.5 Å². The van der Waals surface area contributed by atoms with Gasteiger partial charge in [-0.05, 0) is 90.2 Å². The third-order valence-corrected chi connectivity index (χ3v) is 11.4. The van der Waals surface area contributed by atoms with Crippen molar-refractivity contribution in [2.75, 3.05) is 21.1 Å². The minimum absolute atomic E-state index is 0.0385. The van der Waals surface area contributed by atoms with Gasteiger partial charge in [0.1, 0.15) is 17.3 Å². The number of likely N-dealkylation sites (N-methyl/N-ethyl adjacent to an activating group) is 1. The number of primary amides is 1. The molecule has 3 aliphatic carbocycles. The van der Waals surface area contributed by atoms with Gasteiger partial charge in [-0.15, -0.1) is 0 Å². The molecule has 1 saturated heterocycles. The molecule has 1 aromatic carbocycles. The number of benzene rings is 1. The maximum absolute atomic E-state index is 13.9. The number of phenolic OH excluding ortho intramolecular Hbond substituents is 1. The van der Waals surface area contributed by atoms with Crippen LogP contribution in [0.1, 0.15) is 114 Å². The number of unbranched alkanes of at least 4 members (excludes halogenated alkanes) is 1. The van der Waals surface area contributed by atoms with E-state index in [0.717, 1.165) is 18.4 Å². The zero-order chi connectivity index (χ0) is 33.4. The number of carbonyl (C=O) groups excluding carboxylic acids is 2. The summed E-state index contributed by atoms with van der Waals surface area (Å²) >= 11 is 7.05. The van der Waals surface area contributed by atoms with Crippen LogP contribution in [0.3, 0.4) is 0 Å². The molecule has 4 N–H and O–H groups in total. The summed E-state index contributed by atoms with van der Waals surface area (Å²) in [6, 6.07) is 1.13. The first-order valence-electron chi connectivity index (χ1n) is 16.8. The molecule has 1 heterocycles. The number of nitrogens with two attached hydrogens (primary N) is 1. The van der Waals surface area contributed by atoms with Crippen LogP contribution in [0, 0.1) is 11.8 Å². The van der Waals surface area contributed by atoms with E-state index in [0.29, 0.717) is 47.7 Å². The molecule has 0 bridgehead atoms. The molecule has 0 radical (unpaired) electrons. The number of ketones is 1. The summed E-state index contributed by atoms with van der Waals surface area (Å²) in [7, 11) is 5.82. The van der Waals surface area contributed by atoms with Crippen LogP contribution in [0.5, 0.6) is 5.75 Å². The lowest BCUT2D eigenvalue weighted by molar-refractivity contribution is -0.115. The highest BCUT2D eigenvalue weighted by atomic mass is 35.5. The first-order valence-corrected chi connectivity index (χ1v) is 17.1. The number of nitrogens with zero attached hydrogens (tertiary/aromatic N) is 2. The maximum atomic E-state index is 13.9.